The molecule has 0 bridgehead atoms. The molecule has 1 aromatic carbocycles. The summed E-state index contributed by atoms with van der Waals surface area (Å²) in [6.45, 7) is 1.39. The van der Waals surface area contributed by atoms with E-state index in [1.807, 2.05) is 18.2 Å². The molecule has 3 rings (SSSR count). The van der Waals surface area contributed by atoms with E-state index >= 15 is 0 Å². The fourth-order valence-electron chi connectivity index (χ4n) is 3.06. The number of hydrogen-bond acceptors (Lipinski definition) is 5. The number of thioether (sulfide) groups is 1. The number of carbonyl (C=O) groups is 1. The van der Waals surface area contributed by atoms with Crippen LogP contribution < -0.4 is 20.5 Å². The highest BCUT2D eigenvalue weighted by Crippen LogP contribution is 2.34. The van der Waals surface area contributed by atoms with Gasteiger partial charge in [0.05, 0.1) is 13.2 Å². The fraction of sp³-hybridized carbons (Fsp3) is 0.611. The number of hydrogen-bond donors (Lipinski definition) is 2. The van der Waals surface area contributed by atoms with Crippen LogP contribution in [0.3, 0.4) is 0 Å². The van der Waals surface area contributed by atoms with E-state index < -0.39 is 0 Å². The zero-order valence-corrected chi connectivity index (χ0v) is 14.8. The second kappa shape index (κ2) is 8.62. The first-order chi connectivity index (χ1) is 11.7. The van der Waals surface area contributed by atoms with Gasteiger partial charge in [-0.15, -0.1) is 11.8 Å². The minimum atomic E-state index is 0.136. The summed E-state index contributed by atoms with van der Waals surface area (Å²) in [6, 6.07) is 6.60. The van der Waals surface area contributed by atoms with Crippen molar-refractivity contribution < 1.29 is 14.3 Å². The summed E-state index contributed by atoms with van der Waals surface area (Å²) in [4.78, 5) is 13.2. The van der Waals surface area contributed by atoms with Gasteiger partial charge in [0.2, 0.25) is 5.91 Å². The van der Waals surface area contributed by atoms with E-state index in [0.29, 0.717) is 31.7 Å². The monoisotopic (exact) mass is 350 g/mol. The van der Waals surface area contributed by atoms with Crippen molar-refractivity contribution >= 4 is 17.7 Å². The van der Waals surface area contributed by atoms with Crippen LogP contribution in [0.15, 0.2) is 23.1 Å². The smallest absolute Gasteiger partial charge is 0.221 e. The summed E-state index contributed by atoms with van der Waals surface area (Å²) < 4.78 is 11.3. The largest absolute Gasteiger partial charge is 0.490 e. The average Bonchev–Trinajstić information content (AvgIpc) is 2.82. The van der Waals surface area contributed by atoms with Crippen molar-refractivity contribution in [2.45, 2.75) is 55.5 Å². The number of nitrogens with one attached hydrogen (secondary N) is 1. The highest BCUT2D eigenvalue weighted by Gasteiger charge is 2.19. The first-order valence-electron chi connectivity index (χ1n) is 8.78. The zero-order valence-electron chi connectivity index (χ0n) is 14.0. The molecule has 1 aliphatic carbocycles. The SMILES string of the molecule is NC1CCC(NC(=O)CCSc2ccc3c(c2)OCCCO3)CC1. The van der Waals surface area contributed by atoms with Gasteiger partial charge < -0.3 is 20.5 Å². The number of carbonyl (C=O) groups excluding carboxylic acids is 1. The number of fused-ring (bicyclic) bond motifs is 1. The summed E-state index contributed by atoms with van der Waals surface area (Å²) in [5.74, 6) is 2.51. The Hall–Kier alpha value is -1.40. The molecule has 6 heteroatoms. The number of ether oxygens (including phenoxy) is 2. The third kappa shape index (κ3) is 5.05. The molecule has 2 aliphatic rings. The van der Waals surface area contributed by atoms with Gasteiger partial charge in [-0.25, -0.2) is 0 Å². The molecule has 0 atom stereocenters. The van der Waals surface area contributed by atoms with Crippen LogP contribution in [0.2, 0.25) is 0 Å². The molecule has 1 aliphatic heterocycles. The van der Waals surface area contributed by atoms with Gasteiger partial charge in [-0.1, -0.05) is 0 Å². The molecule has 1 heterocycles. The Morgan fingerprint density at radius 1 is 1.17 bits per heavy atom. The Labute approximate surface area is 147 Å². The molecule has 0 aromatic heterocycles. The van der Waals surface area contributed by atoms with Crippen LogP contribution >= 0.6 is 11.8 Å². The van der Waals surface area contributed by atoms with Crippen LogP contribution in [0.1, 0.15) is 38.5 Å². The first-order valence-corrected chi connectivity index (χ1v) is 9.76. The van der Waals surface area contributed by atoms with Crippen molar-refractivity contribution in [1.82, 2.24) is 5.32 Å². The summed E-state index contributed by atoms with van der Waals surface area (Å²) in [5.41, 5.74) is 5.90. The third-order valence-corrected chi connectivity index (χ3v) is 5.45. The molecule has 132 valence electrons. The lowest BCUT2D eigenvalue weighted by Gasteiger charge is -2.26. The van der Waals surface area contributed by atoms with Crippen molar-refractivity contribution in [2.75, 3.05) is 19.0 Å². The summed E-state index contributed by atoms with van der Waals surface area (Å²) >= 11 is 1.67. The third-order valence-electron chi connectivity index (χ3n) is 4.45. The van der Waals surface area contributed by atoms with Crippen LogP contribution in [0, 0.1) is 0 Å². The first kappa shape index (κ1) is 17.4. The lowest BCUT2D eigenvalue weighted by molar-refractivity contribution is -0.121. The molecule has 1 fully saturated rings. The van der Waals surface area contributed by atoms with E-state index in [9.17, 15) is 4.79 Å². The Morgan fingerprint density at radius 3 is 2.71 bits per heavy atom. The summed E-state index contributed by atoms with van der Waals surface area (Å²) in [5, 5.41) is 3.13. The van der Waals surface area contributed by atoms with Gasteiger partial charge >= 0.3 is 0 Å². The maximum absolute atomic E-state index is 12.1. The molecule has 0 unspecified atom stereocenters. The normalized spacial score (nSPS) is 23.4. The van der Waals surface area contributed by atoms with E-state index in [2.05, 4.69) is 5.32 Å². The van der Waals surface area contributed by atoms with Crippen molar-refractivity contribution in [3.63, 3.8) is 0 Å². The molecule has 0 radical (unpaired) electrons. The van der Waals surface area contributed by atoms with E-state index in [0.717, 1.165) is 54.3 Å². The summed E-state index contributed by atoms with van der Waals surface area (Å²) in [6.07, 6.45) is 5.46. The molecule has 0 spiro atoms. The van der Waals surface area contributed by atoms with Crippen LogP contribution in [0.4, 0.5) is 0 Å². The lowest BCUT2D eigenvalue weighted by Crippen LogP contribution is -2.40. The fourth-order valence-corrected chi connectivity index (χ4v) is 3.94. The molecule has 24 heavy (non-hydrogen) atoms. The van der Waals surface area contributed by atoms with Crippen molar-refractivity contribution in [3.8, 4) is 11.5 Å². The van der Waals surface area contributed by atoms with E-state index in [-0.39, 0.29) is 5.91 Å². The molecular weight excluding hydrogens is 324 g/mol. The number of amides is 1. The standard InChI is InChI=1S/C18H26N2O3S/c19-13-2-4-14(5-3-13)20-18(21)8-11-24-15-6-7-16-17(12-15)23-10-1-9-22-16/h6-7,12-14H,1-5,8-11,19H2,(H,20,21). The second-order valence-corrected chi connectivity index (χ2v) is 7.61. The van der Waals surface area contributed by atoms with Crippen LogP contribution in [-0.4, -0.2) is 37.0 Å². The quantitative estimate of drug-likeness (QED) is 0.799. The van der Waals surface area contributed by atoms with Gasteiger partial charge in [0.1, 0.15) is 0 Å². The molecule has 0 saturated heterocycles. The number of benzene rings is 1. The zero-order chi connectivity index (χ0) is 16.8. The molecule has 1 amide bonds. The van der Waals surface area contributed by atoms with Crippen LogP contribution in [0.25, 0.3) is 0 Å². The molecule has 3 N–H and O–H groups in total. The predicted octanol–water partition coefficient (Wildman–Crippen LogP) is 2.72. The van der Waals surface area contributed by atoms with Gasteiger partial charge in [0.15, 0.2) is 11.5 Å². The Balaban J connectivity index is 1.41. The highest BCUT2D eigenvalue weighted by molar-refractivity contribution is 7.99. The minimum Gasteiger partial charge on any atom is -0.490 e. The van der Waals surface area contributed by atoms with Gasteiger partial charge in [-0.3, -0.25) is 4.79 Å². The van der Waals surface area contributed by atoms with Crippen molar-refractivity contribution in [3.05, 3.63) is 18.2 Å². The Morgan fingerprint density at radius 2 is 1.92 bits per heavy atom. The van der Waals surface area contributed by atoms with Crippen molar-refractivity contribution in [2.24, 2.45) is 5.73 Å². The predicted molar refractivity (Wildman–Crippen MR) is 95.8 cm³/mol. The van der Waals surface area contributed by atoms with Crippen LogP contribution in [0.5, 0.6) is 11.5 Å². The van der Waals surface area contributed by atoms with Gasteiger partial charge in [0.25, 0.3) is 0 Å². The second-order valence-electron chi connectivity index (χ2n) is 6.44. The molecule has 1 saturated carbocycles. The van der Waals surface area contributed by atoms with Crippen molar-refractivity contribution in [1.29, 1.82) is 0 Å². The van der Waals surface area contributed by atoms with Gasteiger partial charge in [-0.2, -0.15) is 0 Å². The lowest BCUT2D eigenvalue weighted by atomic mass is 9.92. The average molecular weight is 350 g/mol. The van der Waals surface area contributed by atoms with E-state index in [4.69, 9.17) is 15.2 Å². The van der Waals surface area contributed by atoms with Crippen LogP contribution in [-0.2, 0) is 4.79 Å². The molecule has 5 nitrogen and oxygen atoms in total. The van der Waals surface area contributed by atoms with E-state index in [1.165, 1.54) is 0 Å². The number of nitrogens with two attached hydrogens (primary N) is 1. The van der Waals surface area contributed by atoms with Gasteiger partial charge in [-0.05, 0) is 43.9 Å². The number of rotatable bonds is 5. The maximum Gasteiger partial charge on any atom is 0.221 e. The van der Waals surface area contributed by atoms with Gasteiger partial charge in [0, 0.05) is 35.6 Å². The topological polar surface area (TPSA) is 73.6 Å². The highest BCUT2D eigenvalue weighted by atomic mass is 32.2. The maximum atomic E-state index is 12.1. The Kier molecular flexibility index (Phi) is 6.26. The molecular formula is C18H26N2O3S. The Bertz CT molecular complexity index is 559. The molecule has 1 aromatic rings. The van der Waals surface area contributed by atoms with E-state index in [1.54, 1.807) is 11.8 Å². The summed E-state index contributed by atoms with van der Waals surface area (Å²) in [7, 11) is 0. The minimum absolute atomic E-state index is 0.136.